The summed E-state index contributed by atoms with van der Waals surface area (Å²) in [6.07, 6.45) is 1.24. The molecule has 0 unspecified atom stereocenters. The van der Waals surface area contributed by atoms with Gasteiger partial charge in [-0.15, -0.1) is 0 Å². The standard InChI is InChI=1S/C21H21F2N5O/c1-3-28(4-2)16-8-6-15(7-9-16)26-20-12-19(24-13-25-20)21(29)27-18-10-5-14(22)11-17(18)23/h5-13H,3-4H2,1-2H3,(H,27,29)(H,24,25,26). The topological polar surface area (TPSA) is 70.2 Å². The van der Waals surface area contributed by atoms with Crippen LogP contribution in [0.4, 0.5) is 31.7 Å². The van der Waals surface area contributed by atoms with Crippen molar-refractivity contribution in [1.82, 2.24) is 9.97 Å². The fourth-order valence-corrected chi connectivity index (χ4v) is 2.82. The van der Waals surface area contributed by atoms with Gasteiger partial charge in [0.05, 0.1) is 5.69 Å². The number of benzene rings is 2. The molecule has 0 aliphatic rings. The van der Waals surface area contributed by atoms with E-state index in [1.807, 2.05) is 24.3 Å². The van der Waals surface area contributed by atoms with Gasteiger partial charge in [-0.2, -0.15) is 0 Å². The average molecular weight is 397 g/mol. The van der Waals surface area contributed by atoms with Crippen molar-refractivity contribution < 1.29 is 13.6 Å². The molecular formula is C21H21F2N5O. The van der Waals surface area contributed by atoms with Crippen LogP contribution in [0.2, 0.25) is 0 Å². The lowest BCUT2D eigenvalue weighted by Gasteiger charge is -2.21. The zero-order valence-electron chi connectivity index (χ0n) is 16.1. The molecular weight excluding hydrogens is 376 g/mol. The Morgan fingerprint density at radius 2 is 1.72 bits per heavy atom. The number of hydrogen-bond donors (Lipinski definition) is 2. The maximum Gasteiger partial charge on any atom is 0.274 e. The molecule has 3 aromatic rings. The largest absolute Gasteiger partial charge is 0.372 e. The van der Waals surface area contributed by atoms with Crippen molar-refractivity contribution in [2.24, 2.45) is 0 Å². The van der Waals surface area contributed by atoms with Crippen LogP contribution >= 0.6 is 0 Å². The number of halogens is 2. The van der Waals surface area contributed by atoms with E-state index in [1.165, 1.54) is 12.4 Å². The highest BCUT2D eigenvalue weighted by Crippen LogP contribution is 2.21. The second-order valence-corrected chi connectivity index (χ2v) is 6.21. The number of rotatable bonds is 7. The van der Waals surface area contributed by atoms with Crippen LogP contribution in [-0.2, 0) is 0 Å². The van der Waals surface area contributed by atoms with Crippen LogP contribution in [0.3, 0.4) is 0 Å². The molecule has 3 rings (SSSR count). The Hall–Kier alpha value is -3.55. The van der Waals surface area contributed by atoms with Crippen LogP contribution in [0.1, 0.15) is 24.3 Å². The molecule has 0 fully saturated rings. The SMILES string of the molecule is CCN(CC)c1ccc(Nc2cc(C(=O)Nc3ccc(F)cc3F)ncn2)cc1. The van der Waals surface area contributed by atoms with Crippen LogP contribution < -0.4 is 15.5 Å². The minimum atomic E-state index is -0.862. The maximum absolute atomic E-state index is 13.7. The van der Waals surface area contributed by atoms with Gasteiger partial charge in [-0.25, -0.2) is 18.7 Å². The molecule has 0 spiro atoms. The fraction of sp³-hybridized carbons (Fsp3) is 0.190. The van der Waals surface area contributed by atoms with Gasteiger partial charge in [0.2, 0.25) is 0 Å². The first kappa shape index (κ1) is 20.2. The number of carbonyl (C=O) groups is 1. The second kappa shape index (κ2) is 9.09. The predicted molar refractivity (Wildman–Crippen MR) is 110 cm³/mol. The van der Waals surface area contributed by atoms with Gasteiger partial charge in [-0.1, -0.05) is 0 Å². The highest BCUT2D eigenvalue weighted by atomic mass is 19.1. The molecule has 0 bridgehead atoms. The number of nitrogens with zero attached hydrogens (tertiary/aromatic N) is 3. The van der Waals surface area contributed by atoms with Gasteiger partial charge in [0.25, 0.3) is 5.91 Å². The number of amides is 1. The van der Waals surface area contributed by atoms with Crippen LogP contribution in [0.15, 0.2) is 54.9 Å². The lowest BCUT2D eigenvalue weighted by atomic mass is 10.2. The summed E-state index contributed by atoms with van der Waals surface area (Å²) in [6, 6.07) is 12.2. The quantitative estimate of drug-likeness (QED) is 0.610. The zero-order valence-corrected chi connectivity index (χ0v) is 16.1. The molecule has 0 saturated carbocycles. The number of carbonyl (C=O) groups excluding carboxylic acids is 1. The summed E-state index contributed by atoms with van der Waals surface area (Å²) in [5.74, 6) is -1.79. The molecule has 29 heavy (non-hydrogen) atoms. The summed E-state index contributed by atoms with van der Waals surface area (Å²) in [7, 11) is 0. The van der Waals surface area contributed by atoms with Crippen LogP contribution in [0.5, 0.6) is 0 Å². The normalized spacial score (nSPS) is 10.5. The Labute approximate surface area is 167 Å². The third kappa shape index (κ3) is 5.04. The minimum absolute atomic E-state index is 0.0472. The molecule has 0 radical (unpaired) electrons. The fourth-order valence-electron chi connectivity index (χ4n) is 2.82. The van der Waals surface area contributed by atoms with E-state index in [0.717, 1.165) is 36.6 Å². The van der Waals surface area contributed by atoms with E-state index in [9.17, 15) is 13.6 Å². The molecule has 0 saturated heterocycles. The third-order valence-corrected chi connectivity index (χ3v) is 4.35. The molecule has 2 N–H and O–H groups in total. The van der Waals surface area contributed by atoms with Crippen molar-refractivity contribution in [2.45, 2.75) is 13.8 Å². The molecule has 150 valence electrons. The summed E-state index contributed by atoms with van der Waals surface area (Å²) in [5, 5.41) is 5.48. The first-order valence-corrected chi connectivity index (χ1v) is 9.20. The van der Waals surface area contributed by atoms with Gasteiger partial charge in [0, 0.05) is 36.6 Å². The number of hydrogen-bond acceptors (Lipinski definition) is 5. The van der Waals surface area contributed by atoms with Gasteiger partial charge in [-0.05, 0) is 50.2 Å². The van der Waals surface area contributed by atoms with Crippen molar-refractivity contribution in [3.05, 3.63) is 72.2 Å². The molecule has 0 aliphatic carbocycles. The Morgan fingerprint density at radius 1 is 1.00 bits per heavy atom. The highest BCUT2D eigenvalue weighted by molar-refractivity contribution is 6.03. The summed E-state index contributed by atoms with van der Waals surface area (Å²) in [6.45, 7) is 6.03. The third-order valence-electron chi connectivity index (χ3n) is 4.35. The molecule has 1 heterocycles. The highest BCUT2D eigenvalue weighted by Gasteiger charge is 2.12. The number of anilines is 4. The van der Waals surface area contributed by atoms with E-state index >= 15 is 0 Å². The Bertz CT molecular complexity index is 991. The predicted octanol–water partition coefficient (Wildman–Crippen LogP) is 4.60. The van der Waals surface area contributed by atoms with Crippen LogP contribution in [0, 0.1) is 11.6 Å². The van der Waals surface area contributed by atoms with Gasteiger partial charge in [-0.3, -0.25) is 4.79 Å². The van der Waals surface area contributed by atoms with Gasteiger partial charge in [0.15, 0.2) is 0 Å². The first-order valence-electron chi connectivity index (χ1n) is 9.20. The van der Waals surface area contributed by atoms with E-state index < -0.39 is 17.5 Å². The van der Waals surface area contributed by atoms with E-state index in [1.54, 1.807) is 0 Å². The molecule has 1 amide bonds. The van der Waals surface area contributed by atoms with Crippen LogP contribution in [-0.4, -0.2) is 29.0 Å². The Kier molecular flexibility index (Phi) is 6.33. The number of aromatic nitrogens is 2. The summed E-state index contributed by atoms with van der Waals surface area (Å²) in [4.78, 5) is 22.6. The Morgan fingerprint density at radius 3 is 2.38 bits per heavy atom. The summed E-state index contributed by atoms with van der Waals surface area (Å²) in [5.41, 5.74) is 1.84. The Balaban J connectivity index is 1.71. The minimum Gasteiger partial charge on any atom is -0.372 e. The molecule has 1 aromatic heterocycles. The van der Waals surface area contributed by atoms with E-state index in [4.69, 9.17) is 0 Å². The van der Waals surface area contributed by atoms with E-state index in [2.05, 4.69) is 39.3 Å². The van der Waals surface area contributed by atoms with Crippen molar-refractivity contribution in [3.63, 3.8) is 0 Å². The molecule has 2 aromatic carbocycles. The zero-order chi connectivity index (χ0) is 20.8. The maximum atomic E-state index is 13.7. The second-order valence-electron chi connectivity index (χ2n) is 6.21. The van der Waals surface area contributed by atoms with Crippen molar-refractivity contribution >= 4 is 28.8 Å². The average Bonchev–Trinajstić information content (AvgIpc) is 2.72. The van der Waals surface area contributed by atoms with Gasteiger partial charge >= 0.3 is 0 Å². The first-order chi connectivity index (χ1) is 14.0. The van der Waals surface area contributed by atoms with Crippen molar-refractivity contribution in [1.29, 1.82) is 0 Å². The lowest BCUT2D eigenvalue weighted by molar-refractivity contribution is 0.102. The van der Waals surface area contributed by atoms with Crippen molar-refractivity contribution in [2.75, 3.05) is 28.6 Å². The van der Waals surface area contributed by atoms with Crippen molar-refractivity contribution in [3.8, 4) is 0 Å². The van der Waals surface area contributed by atoms with Crippen LogP contribution in [0.25, 0.3) is 0 Å². The molecule has 8 heteroatoms. The molecule has 0 aliphatic heterocycles. The number of nitrogens with one attached hydrogen (secondary N) is 2. The van der Waals surface area contributed by atoms with Gasteiger partial charge < -0.3 is 15.5 Å². The molecule has 6 nitrogen and oxygen atoms in total. The smallest absolute Gasteiger partial charge is 0.274 e. The van der Waals surface area contributed by atoms with E-state index in [0.29, 0.717) is 11.9 Å². The monoisotopic (exact) mass is 397 g/mol. The van der Waals surface area contributed by atoms with Gasteiger partial charge in [0.1, 0.15) is 29.5 Å². The van der Waals surface area contributed by atoms with E-state index in [-0.39, 0.29) is 11.4 Å². The lowest BCUT2D eigenvalue weighted by Crippen LogP contribution is -2.21. The molecule has 0 atom stereocenters. The summed E-state index contributed by atoms with van der Waals surface area (Å²) >= 11 is 0. The summed E-state index contributed by atoms with van der Waals surface area (Å²) < 4.78 is 26.7.